The fourth-order valence-corrected chi connectivity index (χ4v) is 4.37. The summed E-state index contributed by atoms with van der Waals surface area (Å²) in [7, 11) is -0.653. The molecule has 1 N–H and O–H groups in total. The molecular formula is C20H27N3O4S. The molecule has 2 heterocycles. The third kappa shape index (κ3) is 4.63. The molecule has 0 radical (unpaired) electrons. The maximum atomic E-state index is 12.7. The summed E-state index contributed by atoms with van der Waals surface area (Å²) in [6, 6.07) is 9.85. The average molecular weight is 406 g/mol. The fraction of sp³-hybridized carbons (Fsp3) is 0.450. The van der Waals surface area contributed by atoms with Crippen LogP contribution in [0, 0.1) is 0 Å². The molecular weight excluding hydrogens is 378 g/mol. The van der Waals surface area contributed by atoms with E-state index >= 15 is 0 Å². The van der Waals surface area contributed by atoms with Crippen LogP contribution in [-0.2, 0) is 10.0 Å². The minimum Gasteiger partial charge on any atom is -0.468 e. The first-order valence-electron chi connectivity index (χ1n) is 9.48. The highest BCUT2D eigenvalue weighted by Gasteiger charge is 2.25. The van der Waals surface area contributed by atoms with Gasteiger partial charge in [-0.25, -0.2) is 12.7 Å². The van der Waals surface area contributed by atoms with Gasteiger partial charge in [0.2, 0.25) is 10.0 Å². The van der Waals surface area contributed by atoms with Crippen molar-refractivity contribution in [3.05, 3.63) is 54.0 Å². The maximum Gasteiger partial charge on any atom is 0.251 e. The predicted molar refractivity (Wildman–Crippen MR) is 107 cm³/mol. The van der Waals surface area contributed by atoms with Crippen molar-refractivity contribution >= 4 is 15.9 Å². The van der Waals surface area contributed by atoms with E-state index in [2.05, 4.69) is 10.2 Å². The minimum absolute atomic E-state index is 0.0343. The zero-order chi connectivity index (χ0) is 20.1. The van der Waals surface area contributed by atoms with Crippen molar-refractivity contribution in [3.63, 3.8) is 0 Å². The molecule has 0 spiro atoms. The van der Waals surface area contributed by atoms with Crippen molar-refractivity contribution in [1.82, 2.24) is 14.5 Å². The van der Waals surface area contributed by atoms with E-state index in [1.165, 1.54) is 32.6 Å². The van der Waals surface area contributed by atoms with Gasteiger partial charge >= 0.3 is 0 Å². The topological polar surface area (TPSA) is 82.9 Å². The molecule has 28 heavy (non-hydrogen) atoms. The monoisotopic (exact) mass is 405 g/mol. The Morgan fingerprint density at radius 2 is 1.93 bits per heavy atom. The Morgan fingerprint density at radius 3 is 2.57 bits per heavy atom. The van der Waals surface area contributed by atoms with E-state index in [0.29, 0.717) is 12.1 Å². The van der Waals surface area contributed by atoms with E-state index in [9.17, 15) is 13.2 Å². The zero-order valence-corrected chi connectivity index (χ0v) is 17.1. The number of carbonyl (C=O) groups is 1. The number of likely N-dealkylation sites (tertiary alicyclic amines) is 1. The van der Waals surface area contributed by atoms with E-state index in [1.54, 1.807) is 18.4 Å². The van der Waals surface area contributed by atoms with Gasteiger partial charge in [0, 0.05) is 26.2 Å². The highest BCUT2D eigenvalue weighted by atomic mass is 32.2. The third-order valence-corrected chi connectivity index (χ3v) is 6.84. The number of sulfonamides is 1. The first kappa shape index (κ1) is 20.6. The van der Waals surface area contributed by atoms with Crippen LogP contribution in [0.5, 0.6) is 0 Å². The molecule has 1 aliphatic rings. The second-order valence-corrected chi connectivity index (χ2v) is 9.30. The van der Waals surface area contributed by atoms with Crippen LogP contribution in [0.25, 0.3) is 0 Å². The zero-order valence-electron chi connectivity index (χ0n) is 16.3. The van der Waals surface area contributed by atoms with Crippen LogP contribution >= 0.6 is 0 Å². The van der Waals surface area contributed by atoms with Crippen LogP contribution in [-0.4, -0.2) is 57.3 Å². The summed E-state index contributed by atoms with van der Waals surface area (Å²) in [6.07, 6.45) is 5.13. The molecule has 152 valence electrons. The van der Waals surface area contributed by atoms with Gasteiger partial charge < -0.3 is 9.73 Å². The number of amides is 1. The highest BCUT2D eigenvalue weighted by Crippen LogP contribution is 2.24. The Labute approximate surface area is 166 Å². The first-order chi connectivity index (χ1) is 13.4. The number of nitrogens with one attached hydrogen (secondary N) is 1. The van der Waals surface area contributed by atoms with E-state index < -0.39 is 10.0 Å². The SMILES string of the molecule is CN(C)S(=O)(=O)c1cccc(C(=O)NC[C@@H](c2ccco2)N2CCCCC2)c1. The molecule has 0 bridgehead atoms. The summed E-state index contributed by atoms with van der Waals surface area (Å²) in [5.41, 5.74) is 0.319. The van der Waals surface area contributed by atoms with Gasteiger partial charge in [-0.15, -0.1) is 0 Å². The predicted octanol–water partition coefficient (Wildman–Crippen LogP) is 2.49. The summed E-state index contributed by atoms with van der Waals surface area (Å²) in [4.78, 5) is 15.1. The van der Waals surface area contributed by atoms with Crippen molar-refractivity contribution in [2.24, 2.45) is 0 Å². The summed E-state index contributed by atoms with van der Waals surface area (Å²) in [5, 5.41) is 2.94. The molecule has 0 saturated carbocycles. The Hall–Kier alpha value is -2.16. The van der Waals surface area contributed by atoms with Crippen molar-refractivity contribution in [2.45, 2.75) is 30.2 Å². The van der Waals surface area contributed by atoms with Gasteiger partial charge in [-0.1, -0.05) is 12.5 Å². The Balaban J connectivity index is 1.73. The van der Waals surface area contributed by atoms with Gasteiger partial charge in [0.05, 0.1) is 17.2 Å². The largest absolute Gasteiger partial charge is 0.468 e. The van der Waals surface area contributed by atoms with Gasteiger partial charge in [-0.05, 0) is 56.3 Å². The van der Waals surface area contributed by atoms with Crippen LogP contribution in [0.1, 0.15) is 41.4 Å². The van der Waals surface area contributed by atoms with E-state index in [1.807, 2.05) is 12.1 Å². The number of rotatable bonds is 7. The van der Waals surface area contributed by atoms with Gasteiger partial charge in [0.25, 0.3) is 5.91 Å². The molecule has 0 unspecified atom stereocenters. The summed E-state index contributed by atoms with van der Waals surface area (Å²) in [5.74, 6) is 0.524. The Kier molecular flexibility index (Phi) is 6.53. The number of furan rings is 1. The minimum atomic E-state index is -3.59. The van der Waals surface area contributed by atoms with E-state index in [4.69, 9.17) is 4.42 Å². The van der Waals surface area contributed by atoms with E-state index in [0.717, 1.165) is 36.0 Å². The lowest BCUT2D eigenvalue weighted by molar-refractivity contribution is 0.0914. The van der Waals surface area contributed by atoms with Gasteiger partial charge in [0.1, 0.15) is 5.76 Å². The number of piperidine rings is 1. The lowest BCUT2D eigenvalue weighted by Gasteiger charge is -2.33. The van der Waals surface area contributed by atoms with Gasteiger partial charge in [-0.3, -0.25) is 9.69 Å². The molecule has 7 nitrogen and oxygen atoms in total. The average Bonchev–Trinajstić information content (AvgIpc) is 3.23. The molecule has 1 atom stereocenters. The molecule has 1 aromatic carbocycles. The summed E-state index contributed by atoms with van der Waals surface area (Å²) >= 11 is 0. The van der Waals surface area contributed by atoms with Gasteiger partial charge in [-0.2, -0.15) is 0 Å². The molecule has 1 saturated heterocycles. The number of hydrogen-bond donors (Lipinski definition) is 1. The van der Waals surface area contributed by atoms with Gasteiger partial charge in [0.15, 0.2) is 0 Å². The first-order valence-corrected chi connectivity index (χ1v) is 10.9. The number of nitrogens with zero attached hydrogens (tertiary/aromatic N) is 2. The van der Waals surface area contributed by atoms with Crippen molar-refractivity contribution < 1.29 is 17.6 Å². The van der Waals surface area contributed by atoms with Crippen molar-refractivity contribution in [1.29, 1.82) is 0 Å². The third-order valence-electron chi connectivity index (χ3n) is 5.03. The molecule has 2 aromatic rings. The van der Waals surface area contributed by atoms with Crippen LogP contribution in [0.2, 0.25) is 0 Å². The molecule has 0 aliphatic carbocycles. The molecule has 8 heteroatoms. The quantitative estimate of drug-likeness (QED) is 0.765. The standard InChI is InChI=1S/C20H27N3O4S/c1-22(2)28(25,26)17-9-6-8-16(14-17)20(24)21-15-18(19-10-7-13-27-19)23-11-4-3-5-12-23/h6-10,13-14,18H,3-5,11-12,15H2,1-2H3,(H,21,24)/t18-/m0/s1. The van der Waals surface area contributed by atoms with Crippen molar-refractivity contribution in [3.8, 4) is 0 Å². The van der Waals surface area contributed by atoms with Crippen LogP contribution in [0.3, 0.4) is 0 Å². The molecule has 1 aromatic heterocycles. The Bertz CT molecular complexity index is 888. The highest BCUT2D eigenvalue weighted by molar-refractivity contribution is 7.89. The molecule has 3 rings (SSSR count). The number of carbonyl (C=O) groups excluding carboxylic acids is 1. The number of benzene rings is 1. The second kappa shape index (κ2) is 8.89. The summed E-state index contributed by atoms with van der Waals surface area (Å²) in [6.45, 7) is 2.34. The lowest BCUT2D eigenvalue weighted by atomic mass is 10.1. The second-order valence-electron chi connectivity index (χ2n) is 7.15. The van der Waals surface area contributed by atoms with Crippen LogP contribution < -0.4 is 5.32 Å². The molecule has 1 fully saturated rings. The molecule has 1 amide bonds. The normalized spacial score (nSPS) is 16.8. The van der Waals surface area contributed by atoms with E-state index in [-0.39, 0.29) is 16.8 Å². The van der Waals surface area contributed by atoms with Crippen molar-refractivity contribution in [2.75, 3.05) is 33.7 Å². The van der Waals surface area contributed by atoms with Crippen LogP contribution in [0.15, 0.2) is 52.0 Å². The van der Waals surface area contributed by atoms with Crippen LogP contribution in [0.4, 0.5) is 0 Å². The summed E-state index contributed by atoms with van der Waals surface area (Å²) < 4.78 is 31.4. The molecule has 1 aliphatic heterocycles. The number of hydrogen-bond acceptors (Lipinski definition) is 5. The maximum absolute atomic E-state index is 12.7. The lowest BCUT2D eigenvalue weighted by Crippen LogP contribution is -2.40. The Morgan fingerprint density at radius 1 is 1.18 bits per heavy atom. The smallest absolute Gasteiger partial charge is 0.251 e. The fourth-order valence-electron chi connectivity index (χ4n) is 3.42.